The van der Waals surface area contributed by atoms with Crippen LogP contribution in [0.3, 0.4) is 0 Å². The standard InChI is InChI=1S/3O5P2.Zn.Zr/c3*1-6(2)5-7(3)4;;/q;;;+2;+4. The van der Waals surface area contributed by atoms with Gasteiger partial charge in [-0.15, -0.1) is 0 Å². The molecule has 0 aromatic heterocycles. The van der Waals surface area contributed by atoms with Crippen LogP contribution in [0, 0.1) is 0 Å². The molecule has 6 unspecified atom stereocenters. The van der Waals surface area contributed by atoms with E-state index in [9.17, 15) is 56.8 Å². The van der Waals surface area contributed by atoms with Crippen molar-refractivity contribution in [2.24, 2.45) is 0 Å². The Kier molecular flexibility index (Phi) is 36.9. The van der Waals surface area contributed by atoms with Gasteiger partial charge in [-0.25, -0.2) is 0 Å². The molecule has 120 valence electrons. The summed E-state index contributed by atoms with van der Waals surface area (Å²) >= 11 is 0. The van der Waals surface area contributed by atoms with Crippen molar-refractivity contribution in [3.8, 4) is 0 Å². The molecule has 0 radical (unpaired) electrons. The fourth-order valence-corrected chi connectivity index (χ4v) is 1.47. The summed E-state index contributed by atoms with van der Waals surface area (Å²) in [6.45, 7) is 0. The fourth-order valence-electron chi connectivity index (χ4n) is 0.163. The van der Waals surface area contributed by atoms with Gasteiger partial charge in [0.05, 0.1) is 0 Å². The van der Waals surface area contributed by atoms with Crippen molar-refractivity contribution in [3.05, 3.63) is 0 Å². The predicted molar refractivity (Wildman–Crippen MR) is 48.9 cm³/mol. The van der Waals surface area contributed by atoms with Gasteiger partial charge in [0, 0.05) is 0 Å². The van der Waals surface area contributed by atoms with Crippen LogP contribution in [0.5, 0.6) is 0 Å². The molecule has 23 heteroatoms. The molecule has 0 bridgehead atoms. The largest absolute Gasteiger partial charge is 4.00 e. The molecule has 15 nitrogen and oxygen atoms in total. The van der Waals surface area contributed by atoms with E-state index in [2.05, 4.69) is 12.9 Å². The van der Waals surface area contributed by atoms with Gasteiger partial charge in [-0.05, 0) is 27.4 Å². The summed E-state index contributed by atoms with van der Waals surface area (Å²) in [4.78, 5) is 55.4. The molecule has 0 aromatic carbocycles. The van der Waals surface area contributed by atoms with Crippen molar-refractivity contribution in [1.29, 1.82) is 0 Å². The van der Waals surface area contributed by atoms with E-state index in [1.165, 1.54) is 0 Å². The summed E-state index contributed by atoms with van der Waals surface area (Å²) in [5.74, 6) is 0. The Balaban J connectivity index is -0.0000000675. The van der Waals surface area contributed by atoms with Crippen LogP contribution in [0.4, 0.5) is 0 Å². The minimum atomic E-state index is -3.24. The Bertz CT molecular complexity index is 320. The van der Waals surface area contributed by atoms with E-state index in [4.69, 9.17) is 0 Å². The van der Waals surface area contributed by atoms with E-state index < -0.39 is 49.5 Å². The molecule has 0 aliphatic carbocycles. The maximum atomic E-state index is 9.24. The van der Waals surface area contributed by atoms with Crippen LogP contribution in [0.15, 0.2) is 0 Å². The zero-order valence-corrected chi connectivity index (χ0v) is 20.8. The quantitative estimate of drug-likeness (QED) is 0.224. The second-order valence-corrected chi connectivity index (χ2v) is 6.23. The SMILES string of the molecule is O=[P+]([O-])O[P+](=O)[O-].O=[P+]([O-])O[P+](=O)[O-].O=[P+]([O-])O[P+](=O)[O-].[Zn+2].[Zr+4]. The summed E-state index contributed by atoms with van der Waals surface area (Å²) in [5.41, 5.74) is 0. The third-order valence-corrected chi connectivity index (χ3v) is 3.60. The topological polar surface area (TPSA) is 268 Å². The molecule has 0 saturated carbocycles. The first-order chi connectivity index (χ1) is 9.38. The van der Waals surface area contributed by atoms with Crippen LogP contribution < -0.4 is 29.4 Å². The monoisotopic (exact) mass is 580 g/mol. The molecule has 23 heavy (non-hydrogen) atoms. The van der Waals surface area contributed by atoms with Crippen LogP contribution >= 0.6 is 49.5 Å². The summed E-state index contributed by atoms with van der Waals surface area (Å²) < 4.78 is 64.9. The van der Waals surface area contributed by atoms with Crippen molar-refractivity contribution in [2.45, 2.75) is 0 Å². The van der Waals surface area contributed by atoms with E-state index in [1.807, 2.05) is 0 Å². The molecular weight excluding hydrogens is 582 g/mol. The Morgan fingerprint density at radius 1 is 0.435 bits per heavy atom. The third kappa shape index (κ3) is 59.4. The molecule has 0 aliphatic heterocycles. The maximum Gasteiger partial charge on any atom is 4.00 e. The molecule has 0 saturated heterocycles. The van der Waals surface area contributed by atoms with Crippen LogP contribution in [-0.4, -0.2) is 0 Å². The first-order valence-corrected chi connectivity index (χ1v) is 9.86. The number of rotatable bonds is 6. The van der Waals surface area contributed by atoms with Crippen molar-refractivity contribution in [3.63, 3.8) is 0 Å². The van der Waals surface area contributed by atoms with Gasteiger partial charge in [0.2, 0.25) is 0 Å². The summed E-state index contributed by atoms with van der Waals surface area (Å²) in [7, 11) is -19.4. The van der Waals surface area contributed by atoms with Gasteiger partial charge >= 0.3 is 95.2 Å². The van der Waals surface area contributed by atoms with Crippen molar-refractivity contribution < 1.29 is 115 Å². The smallest absolute Gasteiger partial charge is 0.563 e. The van der Waals surface area contributed by atoms with Crippen molar-refractivity contribution in [2.75, 3.05) is 0 Å². The van der Waals surface area contributed by atoms with Crippen LogP contribution in [-0.2, 0) is 86.0 Å². The predicted octanol–water partition coefficient (Wildman–Crippen LogP) is -2.89. The number of hydrogen-bond acceptors (Lipinski definition) is 15. The molecule has 0 amide bonds. The van der Waals surface area contributed by atoms with E-state index in [1.54, 1.807) is 0 Å². The third-order valence-electron chi connectivity index (χ3n) is 0.400. The Labute approximate surface area is 164 Å². The molecule has 0 fully saturated rings. The van der Waals surface area contributed by atoms with E-state index >= 15 is 0 Å². The van der Waals surface area contributed by atoms with Crippen LogP contribution in [0.25, 0.3) is 0 Å². The summed E-state index contributed by atoms with van der Waals surface area (Å²) in [6.07, 6.45) is 0. The van der Waals surface area contributed by atoms with Gasteiger partial charge in [-0.2, -0.15) is 0 Å². The van der Waals surface area contributed by atoms with E-state index in [0.29, 0.717) is 0 Å². The van der Waals surface area contributed by atoms with E-state index in [0.717, 1.165) is 0 Å². The molecule has 0 aliphatic rings. The van der Waals surface area contributed by atoms with Gasteiger partial charge in [0.1, 0.15) is 12.9 Å². The second-order valence-electron chi connectivity index (χ2n) is 1.59. The zero-order valence-electron chi connectivity index (χ0n) is 10.0. The minimum absolute atomic E-state index is 0. The van der Waals surface area contributed by atoms with E-state index in [-0.39, 0.29) is 45.7 Å². The van der Waals surface area contributed by atoms with Crippen molar-refractivity contribution in [1.82, 2.24) is 0 Å². The van der Waals surface area contributed by atoms with Gasteiger partial charge in [-0.3, -0.25) is 0 Å². The average molecular weight is 582 g/mol. The van der Waals surface area contributed by atoms with Gasteiger partial charge < -0.3 is 29.4 Å². The first-order valence-electron chi connectivity index (χ1n) is 3.29. The van der Waals surface area contributed by atoms with Gasteiger partial charge in [-0.1, -0.05) is 0 Å². The Hall–Kier alpha value is 1.75. The first kappa shape index (κ1) is 35.8. The molecule has 6 atom stereocenters. The van der Waals surface area contributed by atoms with Crippen LogP contribution in [0.1, 0.15) is 0 Å². The summed E-state index contributed by atoms with van der Waals surface area (Å²) in [6, 6.07) is 0. The maximum absolute atomic E-state index is 9.24. The minimum Gasteiger partial charge on any atom is -0.563 e. The van der Waals surface area contributed by atoms with Crippen LogP contribution in [0.2, 0.25) is 0 Å². The fraction of sp³-hybridized carbons (Fsp3) is 0. The molecular formula is O15P6ZnZr+6. The summed E-state index contributed by atoms with van der Waals surface area (Å²) in [5, 5.41) is 0. The molecule has 0 spiro atoms. The van der Waals surface area contributed by atoms with Gasteiger partial charge in [0.15, 0.2) is 0 Å². The molecule has 0 N–H and O–H groups in total. The molecule has 0 aromatic rings. The number of hydrogen-bond donors (Lipinski definition) is 0. The Morgan fingerprint density at radius 3 is 0.522 bits per heavy atom. The molecule has 0 heterocycles. The van der Waals surface area contributed by atoms with Gasteiger partial charge in [0.25, 0.3) is 0 Å². The second kappa shape index (κ2) is 23.7. The average Bonchev–Trinajstić information content (AvgIpc) is 2.10. The molecule has 0 rings (SSSR count). The normalized spacial score (nSPS) is 12.3. The van der Waals surface area contributed by atoms with Crippen molar-refractivity contribution >= 4 is 49.5 Å². The Morgan fingerprint density at radius 2 is 0.522 bits per heavy atom. The zero-order chi connectivity index (χ0) is 17.6.